The fraction of sp³-hybridized carbons (Fsp3) is 0.304. The monoisotopic (exact) mass is 539 g/mol. The Bertz CT molecular complexity index is 1140. The molecular weight excluding hydrogens is 518 g/mol. The molecule has 1 N–H and O–H groups in total. The lowest BCUT2D eigenvalue weighted by molar-refractivity contribution is 0.0505. The quantitative estimate of drug-likeness (QED) is 0.332. The molecule has 3 aromatic rings. The van der Waals surface area contributed by atoms with Gasteiger partial charge in [-0.3, -0.25) is 0 Å². The van der Waals surface area contributed by atoms with Crippen LogP contribution >= 0.6 is 38.9 Å². The molecular formula is C23H23BrClNO5S. The number of benzene rings is 2. The maximum atomic E-state index is 12.8. The van der Waals surface area contributed by atoms with Gasteiger partial charge in [0.05, 0.1) is 23.2 Å². The van der Waals surface area contributed by atoms with Gasteiger partial charge in [-0.15, -0.1) is 11.3 Å². The van der Waals surface area contributed by atoms with Gasteiger partial charge in [0, 0.05) is 20.0 Å². The highest BCUT2D eigenvalue weighted by atomic mass is 79.9. The van der Waals surface area contributed by atoms with E-state index in [1.807, 2.05) is 6.07 Å². The highest BCUT2D eigenvalue weighted by Gasteiger charge is 2.23. The van der Waals surface area contributed by atoms with E-state index >= 15 is 0 Å². The van der Waals surface area contributed by atoms with Gasteiger partial charge in [-0.25, -0.2) is 9.59 Å². The fourth-order valence-corrected chi connectivity index (χ4v) is 4.73. The molecule has 6 nitrogen and oxygen atoms in total. The first-order valence-corrected chi connectivity index (χ1v) is 11.9. The minimum Gasteiger partial charge on any atom is -0.462 e. The molecule has 3 rings (SSSR count). The Hall–Kier alpha value is -2.29. The fourth-order valence-electron chi connectivity index (χ4n) is 2.87. The average Bonchev–Trinajstić information content (AvgIpc) is 3.04. The van der Waals surface area contributed by atoms with Crippen LogP contribution in [0.2, 0.25) is 5.02 Å². The van der Waals surface area contributed by atoms with Crippen molar-refractivity contribution in [3.63, 3.8) is 0 Å². The molecule has 0 aliphatic rings. The summed E-state index contributed by atoms with van der Waals surface area (Å²) in [5.41, 5.74) is -0.219. The first-order valence-electron chi connectivity index (χ1n) is 9.89. The summed E-state index contributed by atoms with van der Waals surface area (Å²) in [6.45, 7) is 7.48. The molecule has 1 heterocycles. The van der Waals surface area contributed by atoms with E-state index in [-0.39, 0.29) is 13.2 Å². The molecule has 1 aromatic heterocycles. The van der Waals surface area contributed by atoms with Crippen molar-refractivity contribution in [1.82, 2.24) is 5.32 Å². The first kappa shape index (κ1) is 24.4. The molecule has 0 fully saturated rings. The van der Waals surface area contributed by atoms with Crippen molar-refractivity contribution in [2.75, 3.05) is 6.61 Å². The van der Waals surface area contributed by atoms with E-state index < -0.39 is 17.7 Å². The van der Waals surface area contributed by atoms with Gasteiger partial charge in [0.1, 0.15) is 17.1 Å². The van der Waals surface area contributed by atoms with E-state index in [4.69, 9.17) is 25.8 Å². The third kappa shape index (κ3) is 6.15. The number of halogens is 2. The van der Waals surface area contributed by atoms with Crippen LogP contribution in [0.1, 0.15) is 42.9 Å². The number of nitrogens with one attached hydrogen (secondary N) is 1. The molecule has 0 spiro atoms. The zero-order valence-electron chi connectivity index (χ0n) is 18.1. The Morgan fingerprint density at radius 1 is 1.16 bits per heavy atom. The van der Waals surface area contributed by atoms with E-state index in [2.05, 4.69) is 21.2 Å². The van der Waals surface area contributed by atoms with Crippen molar-refractivity contribution in [3.05, 3.63) is 56.3 Å². The number of carbonyl (C=O) groups is 2. The number of alkyl carbamates (subject to hydrolysis) is 1. The molecule has 1 amide bonds. The predicted octanol–water partition coefficient (Wildman–Crippen LogP) is 7.31. The SMILES string of the molecule is CCOC(=O)c1c(CNC(=O)OC(C)(C)C)sc2cc(Br)c(Oc3ccc(Cl)cc3)cc12. The number of amides is 1. The first-order chi connectivity index (χ1) is 15.1. The molecule has 0 saturated heterocycles. The van der Waals surface area contributed by atoms with Crippen LogP contribution in [0.15, 0.2) is 40.9 Å². The lowest BCUT2D eigenvalue weighted by atomic mass is 10.1. The van der Waals surface area contributed by atoms with Gasteiger partial charge in [-0.05, 0) is 80.0 Å². The topological polar surface area (TPSA) is 73.9 Å². The third-order valence-electron chi connectivity index (χ3n) is 4.13. The second-order valence-corrected chi connectivity index (χ2v) is 10.2. The zero-order chi connectivity index (χ0) is 23.5. The van der Waals surface area contributed by atoms with Gasteiger partial charge in [0.15, 0.2) is 0 Å². The maximum absolute atomic E-state index is 12.8. The molecule has 0 atom stereocenters. The normalized spacial score (nSPS) is 11.3. The summed E-state index contributed by atoms with van der Waals surface area (Å²) in [5.74, 6) is 0.684. The number of rotatable bonds is 6. The third-order valence-corrected chi connectivity index (χ3v) is 6.15. The van der Waals surface area contributed by atoms with Gasteiger partial charge in [0.25, 0.3) is 0 Å². The molecule has 0 aliphatic carbocycles. The number of carbonyl (C=O) groups excluding carboxylic acids is 2. The van der Waals surface area contributed by atoms with Crippen LogP contribution in [0, 0.1) is 0 Å². The second-order valence-electron chi connectivity index (χ2n) is 7.81. The number of fused-ring (bicyclic) bond motifs is 1. The highest BCUT2D eigenvalue weighted by Crippen LogP contribution is 2.40. The van der Waals surface area contributed by atoms with E-state index in [1.54, 1.807) is 58.0 Å². The minimum absolute atomic E-state index is 0.132. The molecule has 0 bridgehead atoms. The van der Waals surface area contributed by atoms with E-state index in [0.717, 1.165) is 9.17 Å². The van der Waals surface area contributed by atoms with E-state index in [9.17, 15) is 9.59 Å². The number of esters is 1. The lowest BCUT2D eigenvalue weighted by Crippen LogP contribution is -2.32. The Kier molecular flexibility index (Phi) is 7.69. The van der Waals surface area contributed by atoms with Crippen LogP contribution in [-0.4, -0.2) is 24.3 Å². The standard InChI is InChI=1S/C23H23BrClNO5S/c1-5-29-21(27)20-15-10-17(30-14-8-6-13(25)7-9-14)16(24)11-18(15)32-19(20)12-26-22(28)31-23(2,3)4/h6-11H,5,12H2,1-4H3,(H,26,28). The van der Waals surface area contributed by atoms with Crippen LogP contribution in [0.3, 0.4) is 0 Å². The minimum atomic E-state index is -0.618. The van der Waals surface area contributed by atoms with Gasteiger partial charge < -0.3 is 19.5 Å². The molecule has 9 heteroatoms. The molecule has 32 heavy (non-hydrogen) atoms. The number of ether oxygens (including phenoxy) is 3. The second kappa shape index (κ2) is 10.1. The van der Waals surface area contributed by atoms with Gasteiger partial charge in [-0.2, -0.15) is 0 Å². The Labute approximate surface area is 203 Å². The summed E-state index contributed by atoms with van der Waals surface area (Å²) in [4.78, 5) is 25.6. The number of hydrogen-bond donors (Lipinski definition) is 1. The Morgan fingerprint density at radius 3 is 2.47 bits per heavy atom. The number of thiophene rings is 1. The summed E-state index contributed by atoms with van der Waals surface area (Å²) in [5, 5.41) is 4.00. The summed E-state index contributed by atoms with van der Waals surface area (Å²) < 4.78 is 18.1. The number of hydrogen-bond acceptors (Lipinski definition) is 6. The van der Waals surface area contributed by atoms with Crippen LogP contribution < -0.4 is 10.1 Å². The molecule has 0 saturated carbocycles. The van der Waals surface area contributed by atoms with Crippen molar-refractivity contribution >= 4 is 61.0 Å². The van der Waals surface area contributed by atoms with Crippen molar-refractivity contribution in [1.29, 1.82) is 0 Å². The largest absolute Gasteiger partial charge is 0.462 e. The maximum Gasteiger partial charge on any atom is 0.407 e. The van der Waals surface area contributed by atoms with Gasteiger partial charge in [-0.1, -0.05) is 11.6 Å². The predicted molar refractivity (Wildman–Crippen MR) is 130 cm³/mol. The van der Waals surface area contributed by atoms with Crippen molar-refractivity contribution in [2.45, 2.75) is 39.8 Å². The van der Waals surface area contributed by atoms with E-state index in [1.165, 1.54) is 11.3 Å². The van der Waals surface area contributed by atoms with Crippen molar-refractivity contribution < 1.29 is 23.8 Å². The summed E-state index contributed by atoms with van der Waals surface area (Å²) in [7, 11) is 0. The molecule has 0 radical (unpaired) electrons. The smallest absolute Gasteiger partial charge is 0.407 e. The Balaban J connectivity index is 1.96. The average molecular weight is 541 g/mol. The molecule has 0 unspecified atom stereocenters. The highest BCUT2D eigenvalue weighted by molar-refractivity contribution is 9.10. The summed E-state index contributed by atoms with van der Waals surface area (Å²) >= 11 is 10.9. The van der Waals surface area contributed by atoms with Gasteiger partial charge in [0.2, 0.25) is 0 Å². The van der Waals surface area contributed by atoms with Crippen LogP contribution in [-0.2, 0) is 16.0 Å². The molecule has 2 aromatic carbocycles. The van der Waals surface area contributed by atoms with Gasteiger partial charge >= 0.3 is 12.1 Å². The summed E-state index contributed by atoms with van der Waals surface area (Å²) in [6, 6.07) is 10.7. The van der Waals surface area contributed by atoms with Crippen molar-refractivity contribution in [2.24, 2.45) is 0 Å². The molecule has 0 aliphatic heterocycles. The summed E-state index contributed by atoms with van der Waals surface area (Å²) in [6.07, 6.45) is -0.558. The van der Waals surface area contributed by atoms with Crippen LogP contribution in [0.5, 0.6) is 11.5 Å². The lowest BCUT2D eigenvalue weighted by Gasteiger charge is -2.19. The Morgan fingerprint density at radius 2 is 1.84 bits per heavy atom. The zero-order valence-corrected chi connectivity index (χ0v) is 21.2. The van der Waals surface area contributed by atoms with Crippen LogP contribution in [0.4, 0.5) is 4.79 Å². The van der Waals surface area contributed by atoms with Crippen molar-refractivity contribution in [3.8, 4) is 11.5 Å². The molecule has 170 valence electrons. The van der Waals surface area contributed by atoms with E-state index in [0.29, 0.717) is 32.3 Å². The van der Waals surface area contributed by atoms with Crippen LogP contribution in [0.25, 0.3) is 10.1 Å².